The number of piperidine rings is 1. The summed E-state index contributed by atoms with van der Waals surface area (Å²) in [4.78, 5) is 9.89. The summed E-state index contributed by atoms with van der Waals surface area (Å²) in [6, 6.07) is 0. The number of hydrogen-bond acceptors (Lipinski definition) is 2. The Morgan fingerprint density at radius 1 is 1.31 bits per heavy atom. The number of aromatic amines is 1. The van der Waals surface area contributed by atoms with E-state index in [1.165, 1.54) is 32.4 Å². The number of aromatic nitrogens is 2. The van der Waals surface area contributed by atoms with Crippen molar-refractivity contribution in [3.05, 3.63) is 18.2 Å². The molecular weight excluding hydrogens is 162 g/mol. The van der Waals surface area contributed by atoms with Crippen LogP contribution >= 0.6 is 0 Å². The minimum absolute atomic E-state index is 1.06. The molecule has 0 bridgehead atoms. The maximum Gasteiger partial charge on any atom is 0.107 e. The maximum atomic E-state index is 4.22. The molecule has 1 aromatic heterocycles. The number of rotatable bonds is 3. The SMILES string of the molecule is c1c[nH]c(CCN2CCCCC2)n1. The van der Waals surface area contributed by atoms with Crippen molar-refractivity contribution in [3.63, 3.8) is 0 Å². The Labute approximate surface area is 79.2 Å². The van der Waals surface area contributed by atoms with Crippen LogP contribution in [0.5, 0.6) is 0 Å². The molecular formula is C10H17N3. The van der Waals surface area contributed by atoms with Crippen LogP contribution in [0.3, 0.4) is 0 Å². The molecule has 1 aromatic rings. The molecule has 1 aliphatic rings. The van der Waals surface area contributed by atoms with Gasteiger partial charge in [0, 0.05) is 25.4 Å². The fraction of sp³-hybridized carbons (Fsp3) is 0.700. The average molecular weight is 179 g/mol. The molecule has 1 saturated heterocycles. The normalized spacial score (nSPS) is 19.1. The first-order chi connectivity index (χ1) is 6.45. The van der Waals surface area contributed by atoms with Gasteiger partial charge in [0.25, 0.3) is 0 Å². The summed E-state index contributed by atoms with van der Waals surface area (Å²) >= 11 is 0. The van der Waals surface area contributed by atoms with Gasteiger partial charge in [-0.3, -0.25) is 0 Å². The quantitative estimate of drug-likeness (QED) is 0.761. The van der Waals surface area contributed by atoms with E-state index in [9.17, 15) is 0 Å². The van der Waals surface area contributed by atoms with Crippen molar-refractivity contribution in [1.82, 2.24) is 14.9 Å². The summed E-state index contributed by atoms with van der Waals surface area (Å²) in [7, 11) is 0. The molecule has 13 heavy (non-hydrogen) atoms. The zero-order valence-corrected chi connectivity index (χ0v) is 8.00. The van der Waals surface area contributed by atoms with E-state index in [-0.39, 0.29) is 0 Å². The Hall–Kier alpha value is -0.830. The second kappa shape index (κ2) is 4.42. The van der Waals surface area contributed by atoms with Gasteiger partial charge >= 0.3 is 0 Å². The lowest BCUT2D eigenvalue weighted by Gasteiger charge is -2.25. The molecule has 1 N–H and O–H groups in total. The topological polar surface area (TPSA) is 31.9 Å². The lowest BCUT2D eigenvalue weighted by atomic mass is 10.1. The highest BCUT2D eigenvalue weighted by Gasteiger charge is 2.09. The molecule has 0 atom stereocenters. The van der Waals surface area contributed by atoms with E-state index >= 15 is 0 Å². The fourth-order valence-corrected chi connectivity index (χ4v) is 1.88. The second-order valence-electron chi connectivity index (χ2n) is 3.69. The molecule has 1 aliphatic heterocycles. The van der Waals surface area contributed by atoms with Gasteiger partial charge in [-0.2, -0.15) is 0 Å². The predicted octanol–water partition coefficient (Wildman–Crippen LogP) is 1.44. The highest BCUT2D eigenvalue weighted by Crippen LogP contribution is 2.08. The monoisotopic (exact) mass is 179 g/mol. The van der Waals surface area contributed by atoms with E-state index in [0.29, 0.717) is 0 Å². The summed E-state index contributed by atoms with van der Waals surface area (Å²) in [5.41, 5.74) is 0. The maximum absolute atomic E-state index is 4.22. The standard InChI is InChI=1S/C10H17N3/c1-2-7-13(8-3-1)9-4-10-11-5-6-12-10/h5-6H,1-4,7-9H2,(H,11,12). The third-order valence-corrected chi connectivity index (χ3v) is 2.67. The van der Waals surface area contributed by atoms with Crippen LogP contribution in [0.4, 0.5) is 0 Å². The minimum Gasteiger partial charge on any atom is -0.349 e. The Balaban J connectivity index is 1.72. The summed E-state index contributed by atoms with van der Waals surface area (Å²) in [6.45, 7) is 3.72. The first-order valence-electron chi connectivity index (χ1n) is 5.16. The summed E-state index contributed by atoms with van der Waals surface area (Å²) in [6.07, 6.45) is 8.94. The van der Waals surface area contributed by atoms with Crippen LogP contribution in [0.15, 0.2) is 12.4 Å². The molecule has 2 heterocycles. The van der Waals surface area contributed by atoms with Crippen molar-refractivity contribution < 1.29 is 0 Å². The van der Waals surface area contributed by atoms with Crippen LogP contribution in [0, 0.1) is 0 Å². The van der Waals surface area contributed by atoms with Crippen LogP contribution < -0.4 is 0 Å². The van der Waals surface area contributed by atoms with Gasteiger partial charge in [-0.25, -0.2) is 4.98 Å². The van der Waals surface area contributed by atoms with Crippen LogP contribution in [-0.2, 0) is 6.42 Å². The Morgan fingerprint density at radius 2 is 2.15 bits per heavy atom. The Kier molecular flexibility index (Phi) is 2.98. The number of imidazole rings is 1. The van der Waals surface area contributed by atoms with Gasteiger partial charge < -0.3 is 9.88 Å². The zero-order valence-electron chi connectivity index (χ0n) is 8.00. The van der Waals surface area contributed by atoms with Gasteiger partial charge in [0.05, 0.1) is 0 Å². The zero-order chi connectivity index (χ0) is 8.93. The van der Waals surface area contributed by atoms with E-state index in [1.54, 1.807) is 0 Å². The van der Waals surface area contributed by atoms with E-state index in [0.717, 1.165) is 18.8 Å². The first-order valence-corrected chi connectivity index (χ1v) is 5.16. The summed E-state index contributed by atoms with van der Waals surface area (Å²) in [5.74, 6) is 1.12. The lowest BCUT2D eigenvalue weighted by Crippen LogP contribution is -2.31. The van der Waals surface area contributed by atoms with Gasteiger partial charge in [-0.15, -0.1) is 0 Å². The van der Waals surface area contributed by atoms with Crippen molar-refractivity contribution in [3.8, 4) is 0 Å². The van der Waals surface area contributed by atoms with E-state index in [4.69, 9.17) is 0 Å². The fourth-order valence-electron chi connectivity index (χ4n) is 1.88. The number of H-pyrrole nitrogens is 1. The van der Waals surface area contributed by atoms with Gasteiger partial charge in [-0.05, 0) is 25.9 Å². The number of hydrogen-bond donors (Lipinski definition) is 1. The predicted molar refractivity (Wildman–Crippen MR) is 52.6 cm³/mol. The van der Waals surface area contributed by atoms with Crippen LogP contribution in [0.1, 0.15) is 25.1 Å². The number of nitrogens with one attached hydrogen (secondary N) is 1. The number of nitrogens with zero attached hydrogens (tertiary/aromatic N) is 2. The van der Waals surface area contributed by atoms with Crippen LogP contribution in [0.25, 0.3) is 0 Å². The van der Waals surface area contributed by atoms with Crippen molar-refractivity contribution in [1.29, 1.82) is 0 Å². The van der Waals surface area contributed by atoms with E-state index in [2.05, 4.69) is 14.9 Å². The molecule has 0 aromatic carbocycles. The van der Waals surface area contributed by atoms with Crippen LogP contribution in [-0.4, -0.2) is 34.5 Å². The molecule has 3 nitrogen and oxygen atoms in total. The van der Waals surface area contributed by atoms with Crippen molar-refractivity contribution in [2.45, 2.75) is 25.7 Å². The molecule has 1 fully saturated rings. The molecule has 0 aliphatic carbocycles. The smallest absolute Gasteiger partial charge is 0.107 e. The molecule has 72 valence electrons. The molecule has 0 unspecified atom stereocenters. The second-order valence-corrected chi connectivity index (χ2v) is 3.69. The van der Waals surface area contributed by atoms with Crippen molar-refractivity contribution in [2.75, 3.05) is 19.6 Å². The highest BCUT2D eigenvalue weighted by atomic mass is 15.1. The first kappa shape index (κ1) is 8.75. The largest absolute Gasteiger partial charge is 0.349 e. The van der Waals surface area contributed by atoms with E-state index < -0.39 is 0 Å². The Morgan fingerprint density at radius 3 is 2.85 bits per heavy atom. The van der Waals surface area contributed by atoms with Gasteiger partial charge in [0.2, 0.25) is 0 Å². The third-order valence-electron chi connectivity index (χ3n) is 2.67. The summed E-state index contributed by atoms with van der Waals surface area (Å²) in [5, 5.41) is 0. The van der Waals surface area contributed by atoms with Crippen LogP contribution in [0.2, 0.25) is 0 Å². The molecule has 3 heteroatoms. The molecule has 2 rings (SSSR count). The number of likely N-dealkylation sites (tertiary alicyclic amines) is 1. The van der Waals surface area contributed by atoms with Gasteiger partial charge in [0.15, 0.2) is 0 Å². The van der Waals surface area contributed by atoms with Gasteiger partial charge in [0.1, 0.15) is 5.82 Å². The molecule has 0 radical (unpaired) electrons. The minimum atomic E-state index is 1.06. The Bertz CT molecular complexity index is 224. The van der Waals surface area contributed by atoms with Crippen molar-refractivity contribution in [2.24, 2.45) is 0 Å². The molecule has 0 saturated carbocycles. The highest BCUT2D eigenvalue weighted by molar-refractivity contribution is 4.87. The van der Waals surface area contributed by atoms with Gasteiger partial charge in [-0.1, -0.05) is 6.42 Å². The molecule has 0 spiro atoms. The summed E-state index contributed by atoms with van der Waals surface area (Å²) < 4.78 is 0. The molecule has 0 amide bonds. The van der Waals surface area contributed by atoms with E-state index in [1.807, 2.05) is 12.4 Å². The average Bonchev–Trinajstić information content (AvgIpc) is 2.69. The lowest BCUT2D eigenvalue weighted by molar-refractivity contribution is 0.230. The third kappa shape index (κ3) is 2.56. The van der Waals surface area contributed by atoms with Crippen molar-refractivity contribution >= 4 is 0 Å².